The van der Waals surface area contributed by atoms with Crippen molar-refractivity contribution in [2.45, 2.75) is 38.5 Å². The van der Waals surface area contributed by atoms with E-state index in [-0.39, 0.29) is 0 Å². The summed E-state index contributed by atoms with van der Waals surface area (Å²) in [7, 11) is 2.23. The van der Waals surface area contributed by atoms with Crippen molar-refractivity contribution in [1.29, 1.82) is 0 Å². The zero-order valence-electron chi connectivity index (χ0n) is 14.2. The van der Waals surface area contributed by atoms with Crippen molar-refractivity contribution in [3.63, 3.8) is 0 Å². The minimum absolute atomic E-state index is 0.582. The third-order valence-corrected chi connectivity index (χ3v) is 5.28. The highest BCUT2D eigenvalue weighted by Gasteiger charge is 2.29. The molecule has 2 aromatic rings. The molecule has 1 saturated heterocycles. The van der Waals surface area contributed by atoms with Gasteiger partial charge in [0, 0.05) is 24.6 Å². The number of piperidine rings is 1. The van der Waals surface area contributed by atoms with Crippen LogP contribution in [0.3, 0.4) is 0 Å². The lowest BCUT2D eigenvalue weighted by Gasteiger charge is -2.29. The molecule has 122 valence electrons. The first-order valence-electron chi connectivity index (χ1n) is 8.89. The van der Waals surface area contributed by atoms with Gasteiger partial charge < -0.3 is 10.2 Å². The molecule has 3 heterocycles. The first-order valence-corrected chi connectivity index (χ1v) is 8.89. The molecule has 4 heteroatoms. The molecule has 0 aliphatic carbocycles. The molecule has 1 N–H and O–H groups in total. The smallest absolute Gasteiger partial charge is 0.133 e. The molecule has 0 spiro atoms. The number of nitrogens with zero attached hydrogens (tertiary/aromatic N) is 3. The number of aryl methyl sites for hydroxylation is 1. The molecule has 0 amide bonds. The molecule has 1 fully saturated rings. The fourth-order valence-electron chi connectivity index (χ4n) is 3.98. The Labute approximate surface area is 138 Å². The number of rotatable bonds is 3. The summed E-state index contributed by atoms with van der Waals surface area (Å²) in [5, 5.41) is 8.60. The van der Waals surface area contributed by atoms with Gasteiger partial charge in [-0.3, -0.25) is 0 Å². The predicted octanol–water partition coefficient (Wildman–Crippen LogP) is 3.21. The lowest BCUT2D eigenvalue weighted by molar-refractivity contribution is 0.247. The number of nitrogens with one attached hydrogen (secondary N) is 1. The van der Waals surface area contributed by atoms with Gasteiger partial charge in [0.25, 0.3) is 0 Å². The quantitative estimate of drug-likeness (QED) is 0.945. The average Bonchev–Trinajstić information content (AvgIpc) is 3.17. The van der Waals surface area contributed by atoms with Crippen LogP contribution in [-0.4, -0.2) is 41.4 Å². The molecule has 0 saturated carbocycles. The van der Waals surface area contributed by atoms with Gasteiger partial charge in [0.1, 0.15) is 5.82 Å². The highest BCUT2D eigenvalue weighted by Crippen LogP contribution is 2.35. The van der Waals surface area contributed by atoms with E-state index in [0.29, 0.717) is 5.92 Å². The maximum atomic E-state index is 5.04. The summed E-state index contributed by atoms with van der Waals surface area (Å²) in [5.74, 6) is 1.80. The second-order valence-electron chi connectivity index (χ2n) is 6.92. The number of hydrogen-bond acceptors (Lipinski definition) is 3. The van der Waals surface area contributed by atoms with E-state index in [4.69, 9.17) is 5.10 Å². The van der Waals surface area contributed by atoms with Crippen molar-refractivity contribution in [1.82, 2.24) is 14.7 Å². The van der Waals surface area contributed by atoms with E-state index in [9.17, 15) is 0 Å². The molecule has 1 atom stereocenters. The van der Waals surface area contributed by atoms with Gasteiger partial charge in [0.15, 0.2) is 0 Å². The summed E-state index contributed by atoms with van der Waals surface area (Å²) in [6.07, 6.45) is 4.73. The van der Waals surface area contributed by atoms with E-state index in [1.165, 1.54) is 47.7 Å². The number of likely N-dealkylation sites (tertiary alicyclic amines) is 1. The Morgan fingerprint density at radius 1 is 1.26 bits per heavy atom. The van der Waals surface area contributed by atoms with E-state index >= 15 is 0 Å². The Bertz CT molecular complexity index is 686. The van der Waals surface area contributed by atoms with Gasteiger partial charge in [-0.2, -0.15) is 5.10 Å². The Morgan fingerprint density at radius 2 is 2.09 bits per heavy atom. The average molecular weight is 310 g/mol. The fraction of sp³-hybridized carbons (Fsp3) is 0.526. The van der Waals surface area contributed by atoms with Crippen molar-refractivity contribution >= 4 is 5.82 Å². The third kappa shape index (κ3) is 2.65. The maximum Gasteiger partial charge on any atom is 0.133 e. The van der Waals surface area contributed by atoms with Gasteiger partial charge in [-0.1, -0.05) is 19.1 Å². The SMILES string of the molecule is CCc1ccc(-n2nc(C3CCCN(C)C3)c3c2NCC3)cc1. The molecular formula is C19H26N4. The molecule has 23 heavy (non-hydrogen) atoms. The summed E-state index contributed by atoms with van der Waals surface area (Å²) in [6, 6.07) is 8.82. The molecule has 0 bridgehead atoms. The molecule has 4 nitrogen and oxygen atoms in total. The van der Waals surface area contributed by atoms with Crippen molar-refractivity contribution in [2.24, 2.45) is 0 Å². The molecule has 1 unspecified atom stereocenters. The van der Waals surface area contributed by atoms with E-state index in [2.05, 4.69) is 53.1 Å². The van der Waals surface area contributed by atoms with E-state index < -0.39 is 0 Å². The van der Waals surface area contributed by atoms with Crippen LogP contribution in [-0.2, 0) is 12.8 Å². The Balaban J connectivity index is 1.72. The molecule has 4 rings (SSSR count). The monoisotopic (exact) mass is 310 g/mol. The van der Waals surface area contributed by atoms with Crippen LogP contribution in [0.15, 0.2) is 24.3 Å². The van der Waals surface area contributed by atoms with Crippen LogP contribution in [0.2, 0.25) is 0 Å². The van der Waals surface area contributed by atoms with Crippen molar-refractivity contribution in [3.05, 3.63) is 41.1 Å². The predicted molar refractivity (Wildman–Crippen MR) is 94.6 cm³/mol. The number of fused-ring (bicyclic) bond motifs is 1. The molecular weight excluding hydrogens is 284 g/mol. The number of aromatic nitrogens is 2. The second-order valence-corrected chi connectivity index (χ2v) is 6.92. The zero-order valence-corrected chi connectivity index (χ0v) is 14.2. The fourth-order valence-corrected chi connectivity index (χ4v) is 3.98. The molecule has 2 aliphatic heterocycles. The minimum atomic E-state index is 0.582. The summed E-state index contributed by atoms with van der Waals surface area (Å²) in [6.45, 7) is 5.59. The van der Waals surface area contributed by atoms with Gasteiger partial charge in [0.05, 0.1) is 11.4 Å². The van der Waals surface area contributed by atoms with Crippen LogP contribution in [0.5, 0.6) is 0 Å². The largest absolute Gasteiger partial charge is 0.369 e. The highest BCUT2D eigenvalue weighted by atomic mass is 15.3. The number of hydrogen-bond donors (Lipinski definition) is 1. The number of benzene rings is 1. The van der Waals surface area contributed by atoms with Gasteiger partial charge in [0.2, 0.25) is 0 Å². The van der Waals surface area contributed by atoms with E-state index in [0.717, 1.165) is 25.9 Å². The van der Waals surface area contributed by atoms with Crippen LogP contribution in [0.25, 0.3) is 5.69 Å². The molecule has 0 radical (unpaired) electrons. The molecule has 2 aliphatic rings. The lowest BCUT2D eigenvalue weighted by Crippen LogP contribution is -2.31. The first-order chi connectivity index (χ1) is 11.3. The summed E-state index contributed by atoms with van der Waals surface area (Å²) < 4.78 is 2.13. The normalized spacial score (nSPS) is 21.2. The van der Waals surface area contributed by atoms with E-state index in [1.807, 2.05) is 0 Å². The molecule has 1 aromatic heterocycles. The number of anilines is 1. The summed E-state index contributed by atoms with van der Waals surface area (Å²) in [5.41, 5.74) is 5.32. The van der Waals surface area contributed by atoms with Crippen molar-refractivity contribution in [2.75, 3.05) is 32.0 Å². The van der Waals surface area contributed by atoms with Gasteiger partial charge in [-0.15, -0.1) is 0 Å². The zero-order chi connectivity index (χ0) is 15.8. The van der Waals surface area contributed by atoms with Crippen LogP contribution in [0, 0.1) is 0 Å². The van der Waals surface area contributed by atoms with Gasteiger partial charge in [-0.05, 0) is 57.0 Å². The van der Waals surface area contributed by atoms with Crippen LogP contribution in [0.1, 0.15) is 42.5 Å². The maximum absolute atomic E-state index is 5.04. The lowest BCUT2D eigenvalue weighted by atomic mass is 9.92. The topological polar surface area (TPSA) is 33.1 Å². The standard InChI is InChI=1S/C19H26N4/c1-3-14-6-8-16(9-7-14)23-19-17(10-11-20-19)18(21-23)15-5-4-12-22(2)13-15/h6-9,15,20H,3-5,10-13H2,1-2H3. The van der Waals surface area contributed by atoms with Crippen LogP contribution < -0.4 is 5.32 Å². The Kier molecular flexibility index (Phi) is 3.85. The summed E-state index contributed by atoms with van der Waals surface area (Å²) >= 11 is 0. The van der Waals surface area contributed by atoms with Crippen LogP contribution in [0.4, 0.5) is 5.82 Å². The van der Waals surface area contributed by atoms with Crippen molar-refractivity contribution < 1.29 is 0 Å². The van der Waals surface area contributed by atoms with Crippen LogP contribution >= 0.6 is 0 Å². The first kappa shape index (κ1) is 14.8. The Morgan fingerprint density at radius 3 is 2.83 bits per heavy atom. The summed E-state index contributed by atoms with van der Waals surface area (Å²) in [4.78, 5) is 2.44. The third-order valence-electron chi connectivity index (χ3n) is 5.28. The van der Waals surface area contributed by atoms with Gasteiger partial charge in [-0.25, -0.2) is 4.68 Å². The van der Waals surface area contributed by atoms with E-state index in [1.54, 1.807) is 0 Å². The highest BCUT2D eigenvalue weighted by molar-refractivity contribution is 5.58. The van der Waals surface area contributed by atoms with Crippen molar-refractivity contribution in [3.8, 4) is 5.69 Å². The Hall–Kier alpha value is -1.81. The minimum Gasteiger partial charge on any atom is -0.369 e. The number of likely N-dealkylation sites (N-methyl/N-ethyl adjacent to an activating group) is 1. The molecule has 1 aromatic carbocycles. The van der Waals surface area contributed by atoms with Gasteiger partial charge >= 0.3 is 0 Å². The second kappa shape index (κ2) is 6.00.